The van der Waals surface area contributed by atoms with Gasteiger partial charge < -0.3 is 14.2 Å². The van der Waals surface area contributed by atoms with Crippen LogP contribution in [0.1, 0.15) is 22.8 Å². The van der Waals surface area contributed by atoms with Crippen LogP contribution in [0.5, 0.6) is 0 Å². The second-order valence-corrected chi connectivity index (χ2v) is 10.4. The lowest BCUT2D eigenvalue weighted by molar-refractivity contribution is -0.139. The lowest BCUT2D eigenvalue weighted by Gasteiger charge is -2.21. The number of hydrogen-bond donors (Lipinski definition) is 2. The summed E-state index contributed by atoms with van der Waals surface area (Å²) in [6.45, 7) is 0.108. The topological polar surface area (TPSA) is 134 Å². The molecule has 196 valence electrons. The normalized spacial score (nSPS) is 11.6. The first-order chi connectivity index (χ1) is 18.3. The molecule has 0 aliphatic rings. The molecule has 0 bridgehead atoms. The third-order valence-electron chi connectivity index (χ3n) is 5.24. The zero-order chi connectivity index (χ0) is 27.0. The van der Waals surface area contributed by atoms with Crippen molar-refractivity contribution in [1.29, 1.82) is 0 Å². The number of sulfonamides is 1. The van der Waals surface area contributed by atoms with E-state index < -0.39 is 21.8 Å². The molecule has 2 aromatic heterocycles. The maximum Gasteiger partial charge on any atom is 0.329 e. The van der Waals surface area contributed by atoms with Crippen LogP contribution in [0.4, 0.5) is 0 Å². The largest absolute Gasteiger partial charge is 0.467 e. The summed E-state index contributed by atoms with van der Waals surface area (Å²) in [7, 11) is -3.89. The van der Waals surface area contributed by atoms with Gasteiger partial charge in [-0.1, -0.05) is 41.9 Å². The molecule has 0 aliphatic carbocycles. The van der Waals surface area contributed by atoms with Gasteiger partial charge >= 0.3 is 11.8 Å². The van der Waals surface area contributed by atoms with Crippen LogP contribution in [-0.4, -0.2) is 30.8 Å². The number of carbonyl (C=O) groups is 2. The molecule has 2 heterocycles. The first kappa shape index (κ1) is 26.9. The Morgan fingerprint density at radius 3 is 2.37 bits per heavy atom. The van der Waals surface area contributed by atoms with Crippen molar-refractivity contribution in [2.45, 2.75) is 24.5 Å². The van der Waals surface area contributed by atoms with E-state index in [0.717, 1.165) is 5.56 Å². The Kier molecular flexibility index (Phi) is 8.74. The van der Waals surface area contributed by atoms with Gasteiger partial charge in [-0.2, -0.15) is 9.41 Å². The third kappa shape index (κ3) is 7.19. The van der Waals surface area contributed by atoms with E-state index in [0.29, 0.717) is 16.5 Å². The molecule has 4 rings (SSSR count). The quantitative estimate of drug-likeness (QED) is 0.174. The number of benzene rings is 2. The highest BCUT2D eigenvalue weighted by Gasteiger charge is 2.26. The van der Waals surface area contributed by atoms with Crippen LogP contribution < -0.4 is 10.7 Å². The summed E-state index contributed by atoms with van der Waals surface area (Å²) >= 11 is 5.93. The number of rotatable bonds is 10. The molecule has 0 radical (unpaired) electrons. The lowest BCUT2D eigenvalue weighted by Crippen LogP contribution is -2.37. The van der Waals surface area contributed by atoms with Crippen LogP contribution in [0.25, 0.3) is 0 Å². The number of halogens is 1. The fraction of sp³-hybridized carbons (Fsp3) is 0.115. The summed E-state index contributed by atoms with van der Waals surface area (Å²) in [5.74, 6) is -0.759. The van der Waals surface area contributed by atoms with Crippen LogP contribution >= 0.6 is 11.6 Å². The maximum absolute atomic E-state index is 13.4. The van der Waals surface area contributed by atoms with E-state index >= 15 is 0 Å². The molecule has 2 aromatic carbocycles. The van der Waals surface area contributed by atoms with Crippen molar-refractivity contribution in [2.24, 2.45) is 5.10 Å². The summed E-state index contributed by atoms with van der Waals surface area (Å²) in [6.07, 6.45) is 2.66. The Balaban J connectivity index is 1.41. The molecule has 4 aromatic rings. The Labute approximate surface area is 223 Å². The predicted octanol–water partition coefficient (Wildman–Crippen LogP) is 3.68. The molecule has 38 heavy (non-hydrogen) atoms. The summed E-state index contributed by atoms with van der Waals surface area (Å²) < 4.78 is 38.9. The van der Waals surface area contributed by atoms with E-state index in [9.17, 15) is 18.0 Å². The highest BCUT2D eigenvalue weighted by Crippen LogP contribution is 2.23. The van der Waals surface area contributed by atoms with Crippen LogP contribution in [0.15, 0.2) is 104 Å². The number of hydrazone groups is 1. The molecule has 0 unspecified atom stereocenters. The Bertz CT molecular complexity index is 1500. The molecular weight excluding hydrogens is 532 g/mol. The molecule has 0 saturated carbocycles. The van der Waals surface area contributed by atoms with E-state index in [-0.39, 0.29) is 30.3 Å². The first-order valence-electron chi connectivity index (χ1n) is 11.3. The second-order valence-electron chi connectivity index (χ2n) is 7.98. The zero-order valence-corrected chi connectivity index (χ0v) is 21.5. The zero-order valence-electron chi connectivity index (χ0n) is 19.9. The van der Waals surface area contributed by atoms with Gasteiger partial charge in [-0.3, -0.25) is 9.59 Å². The highest BCUT2D eigenvalue weighted by atomic mass is 35.5. The summed E-state index contributed by atoms with van der Waals surface area (Å²) in [4.78, 5) is 23.9. The predicted molar refractivity (Wildman–Crippen MR) is 139 cm³/mol. The Hall–Kier alpha value is -4.19. The molecule has 0 fully saturated rings. The standard InChI is InChI=1S/C26H23ClN4O6S/c27-20-8-12-24(13-9-20)38(34,35)31(17-19-5-2-1-3-6-19)18-23-11-10-22(37-23)16-29-30-26(33)25(32)28-15-21-7-4-14-36-21/h1-14,16H,15,17-18H2,(H,28,32)(H,30,33)/b29-16+. The van der Waals surface area contributed by atoms with Gasteiger partial charge in [-0.05, 0) is 54.1 Å². The Morgan fingerprint density at radius 2 is 1.66 bits per heavy atom. The summed E-state index contributed by atoms with van der Waals surface area (Å²) in [6, 6.07) is 21.6. The number of amides is 2. The number of nitrogens with zero attached hydrogens (tertiary/aromatic N) is 2. The van der Waals surface area contributed by atoms with Gasteiger partial charge in [0.15, 0.2) is 0 Å². The van der Waals surface area contributed by atoms with E-state index in [1.165, 1.54) is 41.0 Å². The van der Waals surface area contributed by atoms with Crippen molar-refractivity contribution < 1.29 is 26.8 Å². The monoisotopic (exact) mass is 554 g/mol. The third-order valence-corrected chi connectivity index (χ3v) is 7.29. The Morgan fingerprint density at radius 1 is 0.895 bits per heavy atom. The van der Waals surface area contributed by atoms with Gasteiger partial charge in [-0.15, -0.1) is 0 Å². The van der Waals surface area contributed by atoms with E-state index in [2.05, 4.69) is 15.8 Å². The molecular formula is C26H23ClN4O6S. The molecule has 10 nitrogen and oxygen atoms in total. The first-order valence-corrected chi connectivity index (χ1v) is 13.1. The van der Waals surface area contributed by atoms with Gasteiger partial charge in [0.1, 0.15) is 17.3 Å². The van der Waals surface area contributed by atoms with Gasteiger partial charge in [0.2, 0.25) is 10.0 Å². The van der Waals surface area contributed by atoms with Gasteiger partial charge in [0.05, 0.1) is 30.5 Å². The van der Waals surface area contributed by atoms with Crippen molar-refractivity contribution in [3.63, 3.8) is 0 Å². The van der Waals surface area contributed by atoms with E-state index in [4.69, 9.17) is 20.4 Å². The minimum Gasteiger partial charge on any atom is -0.467 e. The molecule has 2 amide bonds. The van der Waals surface area contributed by atoms with E-state index in [1.54, 1.807) is 24.3 Å². The van der Waals surface area contributed by atoms with Gasteiger partial charge in [-0.25, -0.2) is 13.8 Å². The smallest absolute Gasteiger partial charge is 0.329 e. The fourth-order valence-corrected chi connectivity index (χ4v) is 4.88. The number of nitrogens with one attached hydrogen (secondary N) is 2. The molecule has 2 N–H and O–H groups in total. The van der Waals surface area contributed by atoms with Crippen molar-refractivity contribution in [1.82, 2.24) is 15.0 Å². The van der Waals surface area contributed by atoms with Crippen LogP contribution in [-0.2, 0) is 39.2 Å². The lowest BCUT2D eigenvalue weighted by atomic mass is 10.2. The maximum atomic E-state index is 13.4. The van der Waals surface area contributed by atoms with Gasteiger partial charge in [0.25, 0.3) is 0 Å². The van der Waals surface area contributed by atoms with E-state index in [1.807, 2.05) is 30.3 Å². The average molecular weight is 555 g/mol. The molecule has 0 spiro atoms. The number of hydrogen-bond acceptors (Lipinski definition) is 7. The van der Waals surface area contributed by atoms with Crippen molar-refractivity contribution in [2.75, 3.05) is 0 Å². The van der Waals surface area contributed by atoms with Crippen LogP contribution in [0.3, 0.4) is 0 Å². The van der Waals surface area contributed by atoms with Gasteiger partial charge in [0, 0.05) is 11.6 Å². The number of furan rings is 2. The molecule has 12 heteroatoms. The average Bonchev–Trinajstić information content (AvgIpc) is 3.60. The van der Waals surface area contributed by atoms with Crippen molar-refractivity contribution >= 4 is 39.7 Å². The molecule has 0 aliphatic heterocycles. The number of carbonyl (C=O) groups excluding carboxylic acids is 2. The summed E-state index contributed by atoms with van der Waals surface area (Å²) in [5.41, 5.74) is 2.90. The van der Waals surface area contributed by atoms with Crippen molar-refractivity contribution in [3.8, 4) is 0 Å². The van der Waals surface area contributed by atoms with Crippen molar-refractivity contribution in [3.05, 3.63) is 113 Å². The second kappa shape index (κ2) is 12.4. The SMILES string of the molecule is O=C(NCc1ccco1)C(=O)N/N=C/c1ccc(CN(Cc2ccccc2)S(=O)(=O)c2ccc(Cl)cc2)o1. The minimum atomic E-state index is -3.89. The van der Waals surface area contributed by atoms with Crippen LogP contribution in [0, 0.1) is 0 Å². The highest BCUT2D eigenvalue weighted by molar-refractivity contribution is 7.89. The molecule has 0 saturated heterocycles. The minimum absolute atomic E-state index is 0.0585. The van der Waals surface area contributed by atoms with Crippen LogP contribution in [0.2, 0.25) is 5.02 Å². The fourth-order valence-electron chi connectivity index (χ4n) is 3.36. The molecule has 0 atom stereocenters. The summed E-state index contributed by atoms with van der Waals surface area (Å²) in [5, 5.41) is 6.55.